The van der Waals surface area contributed by atoms with Gasteiger partial charge >= 0.3 is 0 Å². The highest BCUT2D eigenvalue weighted by Crippen LogP contribution is 2.62. The SMILES string of the molecule is [C-]#[N+]c1ccc2c(c1)c1ccccc1n2-c1ccc2c(c1)C1(c3cc(-n4c5ccccc5c5cc(-n6c7ccccc7c7ccncc76)ccc54)ccc3O2)c2cccnc2-c2ncccc21. The van der Waals surface area contributed by atoms with Gasteiger partial charge in [-0.25, -0.2) is 4.85 Å². The Morgan fingerprint density at radius 2 is 0.881 bits per heavy atom. The van der Waals surface area contributed by atoms with Gasteiger partial charge in [0.15, 0.2) is 5.69 Å². The minimum Gasteiger partial charge on any atom is -0.457 e. The number of para-hydroxylation sites is 3. The Labute approximate surface area is 382 Å². The van der Waals surface area contributed by atoms with Gasteiger partial charge in [-0.2, -0.15) is 0 Å². The second-order valence-corrected chi connectivity index (χ2v) is 17.5. The van der Waals surface area contributed by atoms with Crippen molar-refractivity contribution in [1.29, 1.82) is 0 Å². The summed E-state index contributed by atoms with van der Waals surface area (Å²) < 4.78 is 14.1. The van der Waals surface area contributed by atoms with Crippen molar-refractivity contribution in [3.63, 3.8) is 0 Å². The lowest BCUT2D eigenvalue weighted by atomic mass is 9.66. The molecule has 6 aromatic heterocycles. The van der Waals surface area contributed by atoms with Crippen molar-refractivity contribution < 1.29 is 4.74 Å². The zero-order valence-corrected chi connectivity index (χ0v) is 35.6. The minimum atomic E-state index is -0.839. The lowest BCUT2D eigenvalue weighted by Gasteiger charge is -2.39. The molecule has 0 atom stereocenters. The van der Waals surface area contributed by atoms with Crippen LogP contribution in [0.5, 0.6) is 11.5 Å². The summed E-state index contributed by atoms with van der Waals surface area (Å²) in [7, 11) is 0. The molecule has 67 heavy (non-hydrogen) atoms. The molecule has 310 valence electrons. The Morgan fingerprint density at radius 1 is 0.403 bits per heavy atom. The largest absolute Gasteiger partial charge is 0.457 e. The lowest BCUT2D eigenvalue weighted by Crippen LogP contribution is -2.32. The van der Waals surface area contributed by atoms with Crippen molar-refractivity contribution in [2.75, 3.05) is 0 Å². The third-order valence-corrected chi connectivity index (χ3v) is 14.3. The molecule has 0 bridgehead atoms. The summed E-state index contributed by atoms with van der Waals surface area (Å²) in [5.74, 6) is 1.55. The Kier molecular flexibility index (Phi) is 7.07. The van der Waals surface area contributed by atoms with E-state index in [1.807, 2.05) is 49.1 Å². The summed E-state index contributed by atoms with van der Waals surface area (Å²) in [5, 5.41) is 6.83. The predicted molar refractivity (Wildman–Crippen MR) is 266 cm³/mol. The molecule has 2 aliphatic rings. The molecule has 0 radical (unpaired) electrons. The zero-order chi connectivity index (χ0) is 44.0. The van der Waals surface area contributed by atoms with Gasteiger partial charge in [-0.3, -0.25) is 15.0 Å². The van der Waals surface area contributed by atoms with Crippen molar-refractivity contribution in [3.05, 3.63) is 234 Å². The van der Waals surface area contributed by atoms with Crippen LogP contribution in [0.4, 0.5) is 5.69 Å². The molecule has 7 aromatic carbocycles. The number of nitrogens with zero attached hydrogens (tertiary/aromatic N) is 7. The minimum absolute atomic E-state index is 0.615. The van der Waals surface area contributed by atoms with Gasteiger partial charge in [0, 0.05) is 73.7 Å². The second-order valence-electron chi connectivity index (χ2n) is 17.5. The van der Waals surface area contributed by atoms with Crippen LogP contribution in [0.3, 0.4) is 0 Å². The van der Waals surface area contributed by atoms with Gasteiger partial charge in [0.25, 0.3) is 0 Å². The fraction of sp³-hybridized carbons (Fsp3) is 0.0169. The second kappa shape index (κ2) is 13.1. The first-order valence-electron chi connectivity index (χ1n) is 22.4. The molecule has 0 amide bonds. The maximum absolute atomic E-state index is 7.79. The van der Waals surface area contributed by atoms with Crippen molar-refractivity contribution >= 4 is 71.1 Å². The van der Waals surface area contributed by atoms with Crippen molar-refractivity contribution in [2.45, 2.75) is 5.41 Å². The molecule has 0 saturated carbocycles. The lowest BCUT2D eigenvalue weighted by molar-refractivity contribution is 0.436. The molecule has 1 aliphatic carbocycles. The van der Waals surface area contributed by atoms with Crippen LogP contribution < -0.4 is 4.74 Å². The first-order valence-corrected chi connectivity index (χ1v) is 22.4. The number of hydrogen-bond donors (Lipinski definition) is 0. The fourth-order valence-corrected chi connectivity index (χ4v) is 11.6. The highest BCUT2D eigenvalue weighted by atomic mass is 16.5. The Balaban J connectivity index is 0.989. The molecule has 8 heteroatoms. The number of pyridine rings is 3. The van der Waals surface area contributed by atoms with Crippen LogP contribution in [-0.2, 0) is 5.41 Å². The molecule has 0 fully saturated rings. The molecule has 13 aromatic rings. The Bertz CT molecular complexity index is 4260. The molecule has 0 saturated heterocycles. The number of aromatic nitrogens is 6. The zero-order valence-electron chi connectivity index (χ0n) is 35.6. The van der Waals surface area contributed by atoms with Crippen LogP contribution in [0, 0.1) is 6.57 Å². The molecule has 8 nitrogen and oxygen atoms in total. The van der Waals surface area contributed by atoms with Gasteiger partial charge in [0.2, 0.25) is 0 Å². The third kappa shape index (κ3) is 4.66. The van der Waals surface area contributed by atoms with E-state index < -0.39 is 5.41 Å². The van der Waals surface area contributed by atoms with Crippen LogP contribution in [0.2, 0.25) is 0 Å². The van der Waals surface area contributed by atoms with Crippen LogP contribution in [0.15, 0.2) is 201 Å². The molecule has 0 N–H and O–H groups in total. The Morgan fingerprint density at radius 3 is 1.48 bits per heavy atom. The number of benzene rings is 7. The van der Waals surface area contributed by atoms with Gasteiger partial charge in [-0.15, -0.1) is 0 Å². The van der Waals surface area contributed by atoms with Crippen LogP contribution in [0.25, 0.3) is 98.7 Å². The van der Waals surface area contributed by atoms with Gasteiger partial charge in [-0.1, -0.05) is 72.8 Å². The molecular formula is C59H33N7O. The van der Waals surface area contributed by atoms with E-state index in [0.29, 0.717) is 5.69 Å². The van der Waals surface area contributed by atoms with E-state index in [1.165, 1.54) is 10.8 Å². The summed E-state index contributed by atoms with van der Waals surface area (Å²) >= 11 is 0. The number of fused-ring (bicyclic) bond motifs is 18. The first-order chi connectivity index (χ1) is 33.2. The fourth-order valence-electron chi connectivity index (χ4n) is 11.6. The predicted octanol–water partition coefficient (Wildman–Crippen LogP) is 14.2. The average Bonchev–Trinajstić information content (AvgIpc) is 4.10. The van der Waals surface area contributed by atoms with Gasteiger partial charge in [-0.05, 0) is 120 Å². The highest BCUT2D eigenvalue weighted by molar-refractivity contribution is 6.13. The smallest absolute Gasteiger partial charge is 0.188 e. The molecule has 1 spiro atoms. The summed E-state index contributed by atoms with van der Waals surface area (Å²) in [5.41, 5.74) is 15.2. The molecule has 0 unspecified atom stereocenters. The summed E-state index contributed by atoms with van der Waals surface area (Å²) in [4.78, 5) is 18.4. The van der Waals surface area contributed by atoms with Crippen LogP contribution in [0.1, 0.15) is 22.3 Å². The van der Waals surface area contributed by atoms with Crippen LogP contribution in [-0.4, -0.2) is 28.7 Å². The summed E-state index contributed by atoms with van der Waals surface area (Å²) in [6.07, 6.45) is 7.56. The van der Waals surface area contributed by atoms with E-state index in [-0.39, 0.29) is 0 Å². The third-order valence-electron chi connectivity index (χ3n) is 14.3. The van der Waals surface area contributed by atoms with E-state index in [1.54, 1.807) is 0 Å². The van der Waals surface area contributed by atoms with Crippen LogP contribution >= 0.6 is 0 Å². The average molecular weight is 856 g/mol. The first kappa shape index (κ1) is 36.1. The molecule has 7 heterocycles. The van der Waals surface area contributed by atoms with Crippen molar-refractivity contribution in [2.24, 2.45) is 0 Å². The van der Waals surface area contributed by atoms with E-state index in [9.17, 15) is 0 Å². The summed E-state index contributed by atoms with van der Waals surface area (Å²) in [6.45, 7) is 7.79. The molecule has 1 aliphatic heterocycles. The van der Waals surface area contributed by atoms with E-state index in [2.05, 4.69) is 175 Å². The highest BCUT2D eigenvalue weighted by Gasteiger charge is 2.52. The monoisotopic (exact) mass is 855 g/mol. The van der Waals surface area contributed by atoms with E-state index in [0.717, 1.165) is 117 Å². The normalized spacial score (nSPS) is 13.3. The van der Waals surface area contributed by atoms with E-state index in [4.69, 9.17) is 21.3 Å². The number of ether oxygens (including phenoxy) is 1. The topological polar surface area (TPSA) is 67.0 Å². The van der Waals surface area contributed by atoms with Crippen molar-refractivity contribution in [3.8, 4) is 39.9 Å². The molecule has 15 rings (SSSR count). The standard InChI is InChI=1S/C59H33N7O/c1-60-35-18-22-52-43(30-35)40-11-3-6-16-50(40)64(52)37-20-24-55-47(32-37)59(45-13-8-27-62-57(45)58-46(59)14-9-28-63-58)48-33-38(21-25-56(48)67-55)65-51-17-7-4-12-41(51)44-31-36(19-23-53(44)65)66-49-15-5-2-10-39(49)42-26-29-61-34-54(42)66/h2-34H. The quantitative estimate of drug-likeness (QED) is 0.166. The molecular weight excluding hydrogens is 823 g/mol. The van der Waals surface area contributed by atoms with Gasteiger partial charge in [0.05, 0.1) is 62.7 Å². The summed E-state index contributed by atoms with van der Waals surface area (Å²) in [6, 6.07) is 62.3. The number of hydrogen-bond acceptors (Lipinski definition) is 4. The van der Waals surface area contributed by atoms with E-state index >= 15 is 0 Å². The van der Waals surface area contributed by atoms with Gasteiger partial charge in [0.1, 0.15) is 11.5 Å². The maximum Gasteiger partial charge on any atom is 0.188 e. The number of rotatable bonds is 3. The Hall–Kier alpha value is -9.32. The van der Waals surface area contributed by atoms with Gasteiger partial charge < -0.3 is 18.4 Å². The maximum atomic E-state index is 7.79. The van der Waals surface area contributed by atoms with Crippen molar-refractivity contribution in [1.82, 2.24) is 28.7 Å².